The Balaban J connectivity index is 2.06. The predicted molar refractivity (Wildman–Crippen MR) is 81.9 cm³/mol. The van der Waals surface area contributed by atoms with Crippen LogP contribution in [-0.2, 0) is 6.54 Å². The molecule has 1 N–H and O–H groups in total. The zero-order chi connectivity index (χ0) is 13.8. The molecule has 1 aromatic heterocycles. The molecule has 19 heavy (non-hydrogen) atoms. The summed E-state index contributed by atoms with van der Waals surface area (Å²) in [6.07, 6.45) is 0. The van der Waals surface area contributed by atoms with Crippen LogP contribution < -0.4 is 5.32 Å². The van der Waals surface area contributed by atoms with Gasteiger partial charge < -0.3 is 5.32 Å². The van der Waals surface area contributed by atoms with Crippen molar-refractivity contribution in [3.8, 4) is 0 Å². The maximum Gasteiger partial charge on any atom is 0.174 e. The molecule has 0 spiro atoms. The molecule has 0 fully saturated rings. The molecule has 0 amide bonds. The summed E-state index contributed by atoms with van der Waals surface area (Å²) in [5, 5.41) is 3.45. The van der Waals surface area contributed by atoms with Gasteiger partial charge in [0.1, 0.15) is 5.82 Å². The van der Waals surface area contributed by atoms with Gasteiger partial charge in [0.05, 0.1) is 0 Å². The summed E-state index contributed by atoms with van der Waals surface area (Å²) in [7, 11) is 0. The van der Waals surface area contributed by atoms with E-state index in [0.717, 1.165) is 16.7 Å². The van der Waals surface area contributed by atoms with Gasteiger partial charge >= 0.3 is 0 Å². The van der Waals surface area contributed by atoms with Crippen LogP contribution in [0, 0.1) is 13.8 Å². The minimum Gasteiger partial charge on any atom is -0.310 e. The lowest BCUT2D eigenvalue weighted by molar-refractivity contribution is 0.587. The molecule has 0 radical (unpaired) electrons. The van der Waals surface area contributed by atoms with Gasteiger partial charge in [-0.05, 0) is 48.6 Å². The molecule has 0 unspecified atom stereocenters. The topological polar surface area (TPSA) is 37.8 Å². The summed E-state index contributed by atoms with van der Waals surface area (Å²) in [6.45, 7) is 9.33. The van der Waals surface area contributed by atoms with Gasteiger partial charge in [0, 0.05) is 17.5 Å². The van der Waals surface area contributed by atoms with Crippen LogP contribution in [0.5, 0.6) is 0 Å². The van der Waals surface area contributed by atoms with Gasteiger partial charge in [0.25, 0.3) is 0 Å². The van der Waals surface area contributed by atoms with Crippen LogP contribution in [0.15, 0.2) is 27.4 Å². The number of hydrogen-bond donors (Lipinski definition) is 1. The molecule has 0 saturated carbocycles. The van der Waals surface area contributed by atoms with E-state index in [9.17, 15) is 0 Å². The summed E-state index contributed by atoms with van der Waals surface area (Å²) in [6, 6.07) is 7.09. The minimum atomic E-state index is 0.512. The highest BCUT2D eigenvalue weighted by Crippen LogP contribution is 2.30. The molecular formula is C14H19N3S2. The van der Waals surface area contributed by atoms with Crippen molar-refractivity contribution in [2.75, 3.05) is 0 Å². The fourth-order valence-electron chi connectivity index (χ4n) is 1.66. The largest absolute Gasteiger partial charge is 0.310 e. The van der Waals surface area contributed by atoms with Crippen molar-refractivity contribution in [2.45, 2.75) is 49.5 Å². The smallest absolute Gasteiger partial charge is 0.174 e. The normalized spacial score (nSPS) is 11.2. The third-order valence-electron chi connectivity index (χ3n) is 2.73. The van der Waals surface area contributed by atoms with Crippen molar-refractivity contribution in [2.24, 2.45) is 0 Å². The monoisotopic (exact) mass is 293 g/mol. The minimum absolute atomic E-state index is 0.512. The number of rotatable bonds is 5. The molecule has 102 valence electrons. The van der Waals surface area contributed by atoms with Crippen molar-refractivity contribution in [1.82, 2.24) is 14.7 Å². The van der Waals surface area contributed by atoms with Crippen molar-refractivity contribution in [1.29, 1.82) is 0 Å². The summed E-state index contributed by atoms with van der Waals surface area (Å²) in [4.78, 5) is 5.60. The Bertz CT molecular complexity index is 549. The maximum atomic E-state index is 4.38. The van der Waals surface area contributed by atoms with Gasteiger partial charge in [-0.15, -0.1) is 0 Å². The van der Waals surface area contributed by atoms with Crippen LogP contribution in [0.2, 0.25) is 0 Å². The third kappa shape index (κ3) is 4.30. The van der Waals surface area contributed by atoms with Crippen molar-refractivity contribution in [3.63, 3.8) is 0 Å². The molecular weight excluding hydrogens is 274 g/mol. The summed E-state index contributed by atoms with van der Waals surface area (Å²) < 4.78 is 5.21. The highest BCUT2D eigenvalue weighted by atomic mass is 32.2. The van der Waals surface area contributed by atoms with Gasteiger partial charge in [-0.3, -0.25) is 0 Å². The van der Waals surface area contributed by atoms with E-state index in [1.165, 1.54) is 27.6 Å². The van der Waals surface area contributed by atoms with E-state index in [1.807, 2.05) is 6.92 Å². The summed E-state index contributed by atoms with van der Waals surface area (Å²) in [5.41, 5.74) is 2.67. The fraction of sp³-hybridized carbons (Fsp3) is 0.429. The van der Waals surface area contributed by atoms with Gasteiger partial charge in [0.2, 0.25) is 0 Å². The Morgan fingerprint density at radius 2 is 2.11 bits per heavy atom. The number of aryl methyl sites for hydroxylation is 2. The van der Waals surface area contributed by atoms with Crippen LogP contribution in [0.25, 0.3) is 0 Å². The van der Waals surface area contributed by atoms with Crippen molar-refractivity contribution in [3.05, 3.63) is 35.2 Å². The Labute approximate surface area is 123 Å². The number of nitrogens with zero attached hydrogens (tertiary/aromatic N) is 2. The fourth-order valence-corrected chi connectivity index (χ4v) is 3.39. The molecule has 2 aromatic rings. The van der Waals surface area contributed by atoms with E-state index < -0.39 is 0 Å². The number of hydrogen-bond acceptors (Lipinski definition) is 5. The second kappa shape index (κ2) is 6.50. The second-order valence-corrected chi connectivity index (χ2v) is 6.91. The Hall–Kier alpha value is -0.910. The molecule has 2 rings (SSSR count). The highest BCUT2D eigenvalue weighted by molar-refractivity contribution is 8.01. The lowest BCUT2D eigenvalue weighted by atomic mass is 10.1. The Morgan fingerprint density at radius 1 is 1.32 bits per heavy atom. The average Bonchev–Trinajstić information content (AvgIpc) is 2.73. The molecule has 1 heterocycles. The zero-order valence-corrected chi connectivity index (χ0v) is 13.4. The molecule has 1 aromatic carbocycles. The van der Waals surface area contributed by atoms with Gasteiger partial charge in [-0.25, -0.2) is 4.98 Å². The third-order valence-corrected chi connectivity index (χ3v) is 4.56. The molecule has 0 atom stereocenters. The second-order valence-electron chi connectivity index (χ2n) is 4.83. The van der Waals surface area contributed by atoms with E-state index in [1.54, 1.807) is 11.8 Å². The first kappa shape index (κ1) is 14.5. The Kier molecular flexibility index (Phi) is 4.96. The molecule has 0 aliphatic heterocycles. The molecule has 0 aliphatic rings. The summed E-state index contributed by atoms with van der Waals surface area (Å²) >= 11 is 3.14. The lowest BCUT2D eigenvalue weighted by Crippen LogP contribution is -2.22. The number of benzene rings is 1. The van der Waals surface area contributed by atoms with Crippen LogP contribution in [-0.4, -0.2) is 15.4 Å². The average molecular weight is 293 g/mol. The van der Waals surface area contributed by atoms with Crippen molar-refractivity contribution >= 4 is 23.3 Å². The Morgan fingerprint density at radius 3 is 2.68 bits per heavy atom. The number of nitrogens with one attached hydrogen (secondary N) is 1. The van der Waals surface area contributed by atoms with Gasteiger partial charge in [0.15, 0.2) is 4.34 Å². The molecule has 0 saturated heterocycles. The summed E-state index contributed by atoms with van der Waals surface area (Å²) in [5.74, 6) is 0.849. The van der Waals surface area contributed by atoms with E-state index in [0.29, 0.717) is 6.04 Å². The first-order valence-electron chi connectivity index (χ1n) is 6.35. The SMILES string of the molecule is Cc1nsc(Sc2ccc(CNC(C)C)c(C)c2)n1. The van der Waals surface area contributed by atoms with E-state index in [4.69, 9.17) is 0 Å². The first-order chi connectivity index (χ1) is 9.04. The van der Waals surface area contributed by atoms with Crippen LogP contribution in [0.3, 0.4) is 0 Å². The molecule has 3 nitrogen and oxygen atoms in total. The predicted octanol–water partition coefficient (Wildman–Crippen LogP) is 3.80. The zero-order valence-electron chi connectivity index (χ0n) is 11.7. The van der Waals surface area contributed by atoms with E-state index >= 15 is 0 Å². The lowest BCUT2D eigenvalue weighted by Gasteiger charge is -2.11. The molecule has 5 heteroatoms. The highest BCUT2D eigenvalue weighted by Gasteiger charge is 2.05. The molecule has 0 aliphatic carbocycles. The standard InChI is InChI=1S/C14H19N3S2/c1-9(2)15-8-12-5-6-13(7-10(12)3)18-14-16-11(4)17-19-14/h5-7,9,15H,8H2,1-4H3. The van der Waals surface area contributed by atoms with Crippen molar-refractivity contribution < 1.29 is 0 Å². The molecule has 0 bridgehead atoms. The van der Waals surface area contributed by atoms with Crippen LogP contribution >= 0.6 is 23.3 Å². The first-order valence-corrected chi connectivity index (χ1v) is 7.94. The van der Waals surface area contributed by atoms with Crippen LogP contribution in [0.4, 0.5) is 0 Å². The van der Waals surface area contributed by atoms with Crippen LogP contribution in [0.1, 0.15) is 30.8 Å². The van der Waals surface area contributed by atoms with E-state index in [2.05, 4.69) is 53.6 Å². The van der Waals surface area contributed by atoms with Gasteiger partial charge in [-0.2, -0.15) is 4.37 Å². The number of aromatic nitrogens is 2. The van der Waals surface area contributed by atoms with E-state index in [-0.39, 0.29) is 0 Å². The van der Waals surface area contributed by atoms with Gasteiger partial charge in [-0.1, -0.05) is 31.7 Å². The quantitative estimate of drug-likeness (QED) is 0.910. The maximum absolute atomic E-state index is 4.38.